The average Bonchev–Trinajstić information content (AvgIpc) is 2.09. The Hall–Kier alpha value is -0.340. The van der Waals surface area contributed by atoms with Gasteiger partial charge in [-0.05, 0) is 56.0 Å². The molecular weight excluding hydrogens is 226 g/mol. The van der Waals surface area contributed by atoms with E-state index >= 15 is 0 Å². The van der Waals surface area contributed by atoms with E-state index in [9.17, 15) is 0 Å². The molecule has 2 heteroatoms. The van der Waals surface area contributed by atoms with Crippen LogP contribution in [0.3, 0.4) is 0 Å². The van der Waals surface area contributed by atoms with Gasteiger partial charge in [0, 0.05) is 4.47 Å². The molecule has 13 heavy (non-hydrogen) atoms. The first-order chi connectivity index (χ1) is 6.15. The molecule has 0 radical (unpaired) electrons. The van der Waals surface area contributed by atoms with E-state index in [0.717, 1.165) is 19.4 Å². The quantitative estimate of drug-likeness (QED) is 0.866. The second-order valence-electron chi connectivity index (χ2n) is 3.42. The first-order valence-corrected chi connectivity index (χ1v) is 5.40. The topological polar surface area (TPSA) is 26.0 Å². The summed E-state index contributed by atoms with van der Waals surface area (Å²) in [5, 5.41) is 0. The molecule has 0 bridgehead atoms. The molecule has 0 amide bonds. The Bertz CT molecular complexity index is 294. The van der Waals surface area contributed by atoms with E-state index in [1.165, 1.54) is 21.2 Å². The number of nitrogens with two attached hydrogens (primary N) is 1. The highest BCUT2D eigenvalue weighted by Gasteiger charge is 2.01. The highest BCUT2D eigenvalue weighted by molar-refractivity contribution is 9.10. The Morgan fingerprint density at radius 2 is 1.92 bits per heavy atom. The molecule has 1 aromatic rings. The van der Waals surface area contributed by atoms with Crippen LogP contribution in [0, 0.1) is 13.8 Å². The molecule has 0 saturated carbocycles. The van der Waals surface area contributed by atoms with Crippen LogP contribution in [-0.2, 0) is 6.42 Å². The van der Waals surface area contributed by atoms with Crippen LogP contribution in [0.1, 0.15) is 23.1 Å². The van der Waals surface area contributed by atoms with Crippen molar-refractivity contribution in [1.82, 2.24) is 0 Å². The highest BCUT2D eigenvalue weighted by atomic mass is 79.9. The van der Waals surface area contributed by atoms with Crippen LogP contribution in [0.5, 0.6) is 0 Å². The zero-order chi connectivity index (χ0) is 9.84. The summed E-state index contributed by atoms with van der Waals surface area (Å²) < 4.78 is 1.20. The molecule has 1 nitrogen and oxygen atoms in total. The Balaban J connectivity index is 2.88. The summed E-state index contributed by atoms with van der Waals surface area (Å²) in [5.74, 6) is 0. The Kier molecular flexibility index (Phi) is 3.94. The van der Waals surface area contributed by atoms with Crippen molar-refractivity contribution in [1.29, 1.82) is 0 Å². The molecule has 0 aliphatic rings. The van der Waals surface area contributed by atoms with Crippen LogP contribution in [-0.4, -0.2) is 6.54 Å². The second-order valence-corrected chi connectivity index (χ2v) is 4.27. The third-order valence-electron chi connectivity index (χ3n) is 2.27. The molecule has 2 N–H and O–H groups in total. The zero-order valence-electron chi connectivity index (χ0n) is 8.23. The van der Waals surface area contributed by atoms with Gasteiger partial charge in [-0.15, -0.1) is 0 Å². The summed E-state index contributed by atoms with van der Waals surface area (Å²) in [6.07, 6.45) is 2.17. The number of hydrogen-bond acceptors (Lipinski definition) is 1. The van der Waals surface area contributed by atoms with Gasteiger partial charge in [-0.1, -0.05) is 22.0 Å². The molecule has 1 aromatic carbocycles. The maximum absolute atomic E-state index is 5.49. The predicted octanol–water partition coefficient (Wildman–Crippen LogP) is 2.96. The van der Waals surface area contributed by atoms with Gasteiger partial charge in [-0.3, -0.25) is 0 Å². The zero-order valence-corrected chi connectivity index (χ0v) is 9.82. The molecular formula is C11H16BrN. The molecule has 0 spiro atoms. The molecule has 0 aromatic heterocycles. The summed E-state index contributed by atoms with van der Waals surface area (Å²) in [6.45, 7) is 5.04. The Morgan fingerprint density at radius 3 is 2.54 bits per heavy atom. The number of rotatable bonds is 3. The lowest BCUT2D eigenvalue weighted by atomic mass is 10.0. The van der Waals surface area contributed by atoms with Crippen molar-refractivity contribution in [3.8, 4) is 0 Å². The third kappa shape index (κ3) is 2.82. The van der Waals surface area contributed by atoms with Crippen LogP contribution in [0.2, 0.25) is 0 Å². The summed E-state index contributed by atoms with van der Waals surface area (Å²) in [5.41, 5.74) is 9.56. The van der Waals surface area contributed by atoms with Gasteiger partial charge in [0.05, 0.1) is 0 Å². The standard InChI is InChI=1S/C11H16BrN/c1-8-7-11(12)9(2)6-10(8)4-3-5-13/h6-7H,3-5,13H2,1-2H3. The van der Waals surface area contributed by atoms with Crippen LogP contribution in [0.4, 0.5) is 0 Å². The molecule has 0 aliphatic heterocycles. The number of aryl methyl sites for hydroxylation is 3. The van der Waals surface area contributed by atoms with E-state index < -0.39 is 0 Å². The smallest absolute Gasteiger partial charge is 0.0207 e. The van der Waals surface area contributed by atoms with E-state index in [2.05, 4.69) is 41.9 Å². The van der Waals surface area contributed by atoms with Gasteiger partial charge in [0.2, 0.25) is 0 Å². The van der Waals surface area contributed by atoms with Crippen molar-refractivity contribution in [2.45, 2.75) is 26.7 Å². The summed E-state index contributed by atoms with van der Waals surface area (Å²) in [6, 6.07) is 4.43. The van der Waals surface area contributed by atoms with E-state index in [1.54, 1.807) is 0 Å². The largest absolute Gasteiger partial charge is 0.330 e. The van der Waals surface area contributed by atoms with Gasteiger partial charge >= 0.3 is 0 Å². The fourth-order valence-electron chi connectivity index (χ4n) is 1.40. The van der Waals surface area contributed by atoms with Gasteiger partial charge in [0.1, 0.15) is 0 Å². The van der Waals surface area contributed by atoms with Crippen LogP contribution in [0.15, 0.2) is 16.6 Å². The number of benzene rings is 1. The monoisotopic (exact) mass is 241 g/mol. The van der Waals surface area contributed by atoms with Gasteiger partial charge in [0.15, 0.2) is 0 Å². The van der Waals surface area contributed by atoms with Crippen LogP contribution in [0.25, 0.3) is 0 Å². The molecule has 0 atom stereocenters. The van der Waals surface area contributed by atoms with Crippen LogP contribution >= 0.6 is 15.9 Å². The van der Waals surface area contributed by atoms with Crippen molar-refractivity contribution >= 4 is 15.9 Å². The molecule has 0 saturated heterocycles. The molecule has 0 fully saturated rings. The number of halogens is 1. The lowest BCUT2D eigenvalue weighted by Crippen LogP contribution is -2.01. The van der Waals surface area contributed by atoms with Crippen molar-refractivity contribution in [3.63, 3.8) is 0 Å². The first kappa shape index (κ1) is 10.7. The molecule has 0 aliphatic carbocycles. The van der Waals surface area contributed by atoms with Crippen molar-refractivity contribution in [3.05, 3.63) is 33.3 Å². The minimum absolute atomic E-state index is 0.772. The van der Waals surface area contributed by atoms with E-state index in [4.69, 9.17) is 5.73 Å². The van der Waals surface area contributed by atoms with E-state index in [-0.39, 0.29) is 0 Å². The molecule has 72 valence electrons. The summed E-state index contributed by atoms with van der Waals surface area (Å²) >= 11 is 3.52. The maximum Gasteiger partial charge on any atom is 0.0207 e. The van der Waals surface area contributed by atoms with E-state index in [0.29, 0.717) is 0 Å². The van der Waals surface area contributed by atoms with Gasteiger partial charge < -0.3 is 5.73 Å². The Labute approximate surface area is 88.5 Å². The molecule has 0 heterocycles. The third-order valence-corrected chi connectivity index (χ3v) is 3.12. The first-order valence-electron chi connectivity index (χ1n) is 4.61. The maximum atomic E-state index is 5.49. The minimum atomic E-state index is 0.772. The lowest BCUT2D eigenvalue weighted by molar-refractivity contribution is 0.827. The van der Waals surface area contributed by atoms with Gasteiger partial charge in [-0.25, -0.2) is 0 Å². The van der Waals surface area contributed by atoms with Crippen molar-refractivity contribution in [2.24, 2.45) is 5.73 Å². The van der Waals surface area contributed by atoms with Gasteiger partial charge in [0.25, 0.3) is 0 Å². The normalized spacial score (nSPS) is 10.5. The fraction of sp³-hybridized carbons (Fsp3) is 0.455. The fourth-order valence-corrected chi connectivity index (χ4v) is 1.86. The lowest BCUT2D eigenvalue weighted by Gasteiger charge is -2.08. The average molecular weight is 242 g/mol. The molecule has 0 unspecified atom stereocenters. The summed E-state index contributed by atoms with van der Waals surface area (Å²) in [4.78, 5) is 0. The van der Waals surface area contributed by atoms with E-state index in [1.807, 2.05) is 0 Å². The highest BCUT2D eigenvalue weighted by Crippen LogP contribution is 2.21. The molecule has 1 rings (SSSR count). The number of hydrogen-bond donors (Lipinski definition) is 1. The second kappa shape index (κ2) is 4.77. The summed E-state index contributed by atoms with van der Waals surface area (Å²) in [7, 11) is 0. The Morgan fingerprint density at radius 1 is 1.23 bits per heavy atom. The SMILES string of the molecule is Cc1cc(CCCN)c(C)cc1Br. The van der Waals surface area contributed by atoms with Crippen molar-refractivity contribution in [2.75, 3.05) is 6.54 Å². The van der Waals surface area contributed by atoms with Gasteiger partial charge in [-0.2, -0.15) is 0 Å². The van der Waals surface area contributed by atoms with Crippen LogP contribution < -0.4 is 5.73 Å². The predicted molar refractivity (Wildman–Crippen MR) is 61.0 cm³/mol. The minimum Gasteiger partial charge on any atom is -0.330 e. The van der Waals surface area contributed by atoms with Crippen molar-refractivity contribution < 1.29 is 0 Å².